The Labute approximate surface area is 135 Å². The van der Waals surface area contributed by atoms with Crippen molar-refractivity contribution in [3.05, 3.63) is 51.2 Å². The van der Waals surface area contributed by atoms with E-state index in [1.165, 1.54) is 12.1 Å². The number of sulfonamides is 1. The van der Waals surface area contributed by atoms with Gasteiger partial charge in [0.2, 0.25) is 10.0 Å². The lowest BCUT2D eigenvalue weighted by Crippen LogP contribution is -2.27. The maximum atomic E-state index is 12.2. The minimum atomic E-state index is -3.74. The van der Waals surface area contributed by atoms with Gasteiger partial charge in [-0.15, -0.1) is 0 Å². The number of halogens is 3. The molecule has 1 N–H and O–H groups in total. The Morgan fingerprint density at radius 2 is 1.70 bits per heavy atom. The first-order valence-electron chi connectivity index (χ1n) is 5.65. The molecule has 0 fully saturated rings. The van der Waals surface area contributed by atoms with E-state index in [4.69, 9.17) is 23.2 Å². The highest BCUT2D eigenvalue weighted by atomic mass is 79.9. The molecule has 0 bridgehead atoms. The van der Waals surface area contributed by atoms with Crippen LogP contribution in [0.25, 0.3) is 0 Å². The first kappa shape index (κ1) is 15.9. The molecule has 1 heterocycles. The number of nitrogens with zero attached hydrogens (tertiary/aromatic N) is 1. The molecule has 0 aliphatic carbocycles. The fourth-order valence-corrected chi connectivity index (χ4v) is 4.64. The van der Waals surface area contributed by atoms with Crippen LogP contribution < -0.4 is 4.72 Å². The molecule has 2 aromatic rings. The van der Waals surface area contributed by atoms with Gasteiger partial charge in [0.25, 0.3) is 0 Å². The number of hydrogen-bond acceptors (Lipinski definition) is 2. The van der Waals surface area contributed by atoms with Gasteiger partial charge in [0.15, 0.2) is 0 Å². The summed E-state index contributed by atoms with van der Waals surface area (Å²) in [5.41, 5.74) is 0. The molecule has 4 nitrogen and oxygen atoms in total. The van der Waals surface area contributed by atoms with Crippen molar-refractivity contribution in [1.82, 2.24) is 9.29 Å². The average Bonchev–Trinajstić information content (AvgIpc) is 2.79. The van der Waals surface area contributed by atoms with Crippen molar-refractivity contribution in [2.24, 2.45) is 0 Å². The van der Waals surface area contributed by atoms with Gasteiger partial charge in [-0.2, -0.15) is 0 Å². The molecule has 20 heavy (non-hydrogen) atoms. The van der Waals surface area contributed by atoms with E-state index in [1.54, 1.807) is 0 Å². The number of benzene rings is 1. The summed E-state index contributed by atoms with van der Waals surface area (Å²) in [5, 5.41) is 0.163. The van der Waals surface area contributed by atoms with E-state index < -0.39 is 10.0 Å². The van der Waals surface area contributed by atoms with Crippen LogP contribution in [0.1, 0.15) is 0 Å². The highest BCUT2D eigenvalue weighted by Gasteiger charge is 2.21. The van der Waals surface area contributed by atoms with Crippen molar-refractivity contribution in [3.8, 4) is 0 Å². The number of nitrogens with one attached hydrogen (secondary N) is 1. The third kappa shape index (κ3) is 3.77. The highest BCUT2D eigenvalue weighted by molar-refractivity contribution is 9.10. The quantitative estimate of drug-likeness (QED) is 0.838. The molecule has 0 atom stereocenters. The Morgan fingerprint density at radius 1 is 1.15 bits per heavy atom. The Morgan fingerprint density at radius 3 is 2.25 bits per heavy atom. The van der Waals surface area contributed by atoms with E-state index in [2.05, 4.69) is 20.7 Å². The molecule has 108 valence electrons. The van der Waals surface area contributed by atoms with Crippen LogP contribution in [0.4, 0.5) is 0 Å². The Balaban J connectivity index is 2.14. The van der Waals surface area contributed by atoms with Gasteiger partial charge in [0, 0.05) is 30.0 Å². The van der Waals surface area contributed by atoms with Crippen molar-refractivity contribution >= 4 is 49.2 Å². The van der Waals surface area contributed by atoms with Crippen LogP contribution in [0.5, 0.6) is 0 Å². The lowest BCUT2D eigenvalue weighted by Gasteiger charge is -2.11. The molecule has 1 aromatic carbocycles. The van der Waals surface area contributed by atoms with Gasteiger partial charge in [-0.05, 0) is 24.3 Å². The lowest BCUT2D eigenvalue weighted by molar-refractivity contribution is 0.573. The summed E-state index contributed by atoms with van der Waals surface area (Å²) < 4.78 is 29.4. The van der Waals surface area contributed by atoms with E-state index >= 15 is 0 Å². The molecule has 1 aromatic heterocycles. The van der Waals surface area contributed by atoms with Crippen LogP contribution in [0.2, 0.25) is 10.0 Å². The van der Waals surface area contributed by atoms with Crippen molar-refractivity contribution in [3.63, 3.8) is 0 Å². The molecule has 2 rings (SSSR count). The average molecular weight is 398 g/mol. The second kappa shape index (κ2) is 6.49. The zero-order valence-corrected chi connectivity index (χ0v) is 14.1. The predicted molar refractivity (Wildman–Crippen MR) is 83.8 cm³/mol. The first-order valence-corrected chi connectivity index (χ1v) is 8.68. The van der Waals surface area contributed by atoms with Crippen LogP contribution in [0.15, 0.2) is 46.0 Å². The number of rotatable bonds is 5. The molecule has 0 saturated carbocycles. The fraction of sp³-hybridized carbons (Fsp3) is 0.167. The molecule has 0 saturated heterocycles. The Kier molecular flexibility index (Phi) is 5.14. The summed E-state index contributed by atoms with van der Waals surface area (Å²) in [4.78, 5) is -0.100. The van der Waals surface area contributed by atoms with Gasteiger partial charge in [-0.1, -0.05) is 39.1 Å². The largest absolute Gasteiger partial charge is 0.353 e. The van der Waals surface area contributed by atoms with Gasteiger partial charge >= 0.3 is 0 Å². The van der Waals surface area contributed by atoms with Gasteiger partial charge in [0.05, 0.1) is 10.0 Å². The summed E-state index contributed by atoms with van der Waals surface area (Å²) >= 11 is 15.1. The van der Waals surface area contributed by atoms with E-state index in [-0.39, 0.29) is 21.5 Å². The summed E-state index contributed by atoms with van der Waals surface area (Å²) in [5.74, 6) is 0. The van der Waals surface area contributed by atoms with Gasteiger partial charge < -0.3 is 4.57 Å². The molecular formula is C12H11BrCl2N2O2S. The lowest BCUT2D eigenvalue weighted by atomic mass is 10.4. The normalized spacial score (nSPS) is 11.8. The zero-order valence-electron chi connectivity index (χ0n) is 10.2. The van der Waals surface area contributed by atoms with E-state index in [0.717, 1.165) is 0 Å². The first-order chi connectivity index (χ1) is 9.40. The fourth-order valence-electron chi connectivity index (χ4n) is 1.69. The van der Waals surface area contributed by atoms with E-state index in [0.29, 0.717) is 11.0 Å². The molecule has 0 aliphatic rings. The summed E-state index contributed by atoms with van der Waals surface area (Å²) in [6.45, 7) is 0.776. The van der Waals surface area contributed by atoms with Crippen LogP contribution in [0.3, 0.4) is 0 Å². The number of aromatic nitrogens is 1. The van der Waals surface area contributed by atoms with E-state index in [1.807, 2.05) is 29.1 Å². The maximum Gasteiger partial charge on any atom is 0.243 e. The minimum absolute atomic E-state index is 0.0813. The Hall–Kier alpha value is -0.530. The minimum Gasteiger partial charge on any atom is -0.353 e. The van der Waals surface area contributed by atoms with Crippen LogP contribution >= 0.6 is 39.1 Å². The highest BCUT2D eigenvalue weighted by Crippen LogP contribution is 2.32. The third-order valence-electron chi connectivity index (χ3n) is 2.56. The molecular weight excluding hydrogens is 387 g/mol. The molecule has 8 heteroatoms. The zero-order chi connectivity index (χ0) is 14.8. The van der Waals surface area contributed by atoms with Crippen LogP contribution in [0, 0.1) is 0 Å². The molecule has 0 aliphatic heterocycles. The van der Waals surface area contributed by atoms with E-state index in [9.17, 15) is 8.42 Å². The smallest absolute Gasteiger partial charge is 0.243 e. The second-order valence-electron chi connectivity index (χ2n) is 4.02. The summed E-state index contributed by atoms with van der Waals surface area (Å²) in [6.07, 6.45) is 3.71. The maximum absolute atomic E-state index is 12.2. The predicted octanol–water partition coefficient (Wildman–Crippen LogP) is 3.54. The molecule has 0 unspecified atom stereocenters. The van der Waals surface area contributed by atoms with Crippen molar-refractivity contribution in [1.29, 1.82) is 0 Å². The second-order valence-corrected chi connectivity index (χ2v) is 7.45. The monoisotopic (exact) mass is 396 g/mol. The standard InChI is InChI=1S/C12H11BrCl2N2O2S/c13-9-7-10(14)12(11(15)8-9)20(18,19)16-3-6-17-4-1-2-5-17/h1-2,4-5,7-8,16H,3,6H2. The molecule has 0 radical (unpaired) electrons. The van der Waals surface area contributed by atoms with Crippen molar-refractivity contribution in [2.45, 2.75) is 11.4 Å². The van der Waals surface area contributed by atoms with Crippen molar-refractivity contribution < 1.29 is 8.42 Å². The van der Waals surface area contributed by atoms with Crippen molar-refractivity contribution in [2.75, 3.05) is 6.54 Å². The molecule has 0 amide bonds. The third-order valence-corrected chi connectivity index (χ3v) is 5.40. The Bertz CT molecular complexity index is 679. The summed E-state index contributed by atoms with van der Waals surface area (Å²) in [6, 6.07) is 6.73. The summed E-state index contributed by atoms with van der Waals surface area (Å²) in [7, 11) is -3.74. The van der Waals surface area contributed by atoms with Crippen LogP contribution in [-0.4, -0.2) is 19.5 Å². The topological polar surface area (TPSA) is 51.1 Å². The van der Waals surface area contributed by atoms with Gasteiger partial charge in [-0.3, -0.25) is 0 Å². The van der Waals surface area contributed by atoms with Crippen LogP contribution in [-0.2, 0) is 16.6 Å². The number of hydrogen-bond donors (Lipinski definition) is 1. The SMILES string of the molecule is O=S(=O)(NCCn1cccc1)c1c(Cl)cc(Br)cc1Cl. The molecule has 0 spiro atoms. The van der Waals surface area contributed by atoms with Gasteiger partial charge in [-0.25, -0.2) is 13.1 Å². The van der Waals surface area contributed by atoms with Gasteiger partial charge in [0.1, 0.15) is 4.90 Å².